The van der Waals surface area contributed by atoms with Crippen LogP contribution in [0.15, 0.2) is 36.7 Å². The molecule has 152 valence electrons. The van der Waals surface area contributed by atoms with Crippen molar-refractivity contribution in [1.82, 2.24) is 9.88 Å². The predicted octanol–water partition coefficient (Wildman–Crippen LogP) is 4.18. The van der Waals surface area contributed by atoms with Crippen LogP contribution in [0.2, 0.25) is 5.02 Å². The van der Waals surface area contributed by atoms with Gasteiger partial charge in [0, 0.05) is 29.7 Å². The van der Waals surface area contributed by atoms with Crippen LogP contribution in [-0.2, 0) is 5.54 Å². The first kappa shape index (κ1) is 19.5. The minimum absolute atomic E-state index is 0.00944. The largest absolute Gasteiger partial charge is 0.465 e. The summed E-state index contributed by atoms with van der Waals surface area (Å²) in [6.07, 6.45) is 4.16. The van der Waals surface area contributed by atoms with Gasteiger partial charge in [0.2, 0.25) is 0 Å². The molecule has 7 nitrogen and oxygen atoms in total. The van der Waals surface area contributed by atoms with Gasteiger partial charge in [-0.15, -0.1) is 0 Å². The van der Waals surface area contributed by atoms with E-state index in [1.165, 1.54) is 4.90 Å². The molecule has 2 N–H and O–H groups in total. The molecule has 0 bridgehead atoms. The Bertz CT molecular complexity index is 978. The summed E-state index contributed by atoms with van der Waals surface area (Å²) in [6, 6.07) is 7.23. The van der Waals surface area contributed by atoms with E-state index in [1.807, 2.05) is 26.0 Å². The number of anilines is 2. The minimum atomic E-state index is -0.899. The third-order valence-corrected chi connectivity index (χ3v) is 5.91. The fourth-order valence-corrected chi connectivity index (χ4v) is 4.45. The number of hydrogen-bond donors (Lipinski definition) is 2. The number of rotatable bonds is 3. The summed E-state index contributed by atoms with van der Waals surface area (Å²) in [5, 5.41) is 13.2. The number of fused-ring (bicyclic) bond motifs is 1. The zero-order chi connectivity index (χ0) is 20.8. The molecule has 1 aromatic carbocycles. The van der Waals surface area contributed by atoms with Gasteiger partial charge in [-0.1, -0.05) is 11.6 Å². The Morgan fingerprint density at radius 1 is 1.31 bits per heavy atom. The van der Waals surface area contributed by atoms with Gasteiger partial charge >= 0.3 is 6.09 Å². The van der Waals surface area contributed by atoms with Gasteiger partial charge in [-0.05, 0) is 56.5 Å². The van der Waals surface area contributed by atoms with Crippen molar-refractivity contribution in [2.45, 2.75) is 38.3 Å². The van der Waals surface area contributed by atoms with E-state index in [-0.39, 0.29) is 11.9 Å². The molecule has 1 atom stereocenters. The highest BCUT2D eigenvalue weighted by Crippen LogP contribution is 2.43. The van der Waals surface area contributed by atoms with Crippen molar-refractivity contribution in [2.24, 2.45) is 0 Å². The lowest BCUT2D eigenvalue weighted by Gasteiger charge is -2.33. The van der Waals surface area contributed by atoms with Gasteiger partial charge in [0.05, 0.1) is 29.3 Å². The summed E-state index contributed by atoms with van der Waals surface area (Å²) in [5.41, 5.74) is 2.41. The summed E-state index contributed by atoms with van der Waals surface area (Å²) >= 11 is 6.16. The van der Waals surface area contributed by atoms with E-state index < -0.39 is 11.6 Å². The fraction of sp³-hybridized carbons (Fsp3) is 0.381. The van der Waals surface area contributed by atoms with Gasteiger partial charge in [-0.25, -0.2) is 4.79 Å². The average molecular weight is 415 g/mol. The standard InChI is InChI=1S/C21H23ClN4O3/c1-21(2)18-8-13(22)5-6-17(18)19(27)26(21)16-9-15(10-23-11-16)24-14-4-3-7-25(12-14)20(28)29/h5-6,8-11,14,24H,3-4,7,12H2,1-2H3,(H,28,29). The maximum atomic E-state index is 13.1. The zero-order valence-corrected chi connectivity index (χ0v) is 17.1. The maximum Gasteiger partial charge on any atom is 0.407 e. The highest BCUT2D eigenvalue weighted by atomic mass is 35.5. The monoisotopic (exact) mass is 414 g/mol. The van der Waals surface area contributed by atoms with E-state index in [0.717, 1.165) is 24.1 Å². The van der Waals surface area contributed by atoms with Gasteiger partial charge in [0.1, 0.15) is 0 Å². The number of carbonyl (C=O) groups is 2. The molecular weight excluding hydrogens is 392 g/mol. The van der Waals surface area contributed by atoms with Crippen LogP contribution in [0.5, 0.6) is 0 Å². The number of hydrogen-bond acceptors (Lipinski definition) is 4. The Morgan fingerprint density at radius 3 is 2.86 bits per heavy atom. The van der Waals surface area contributed by atoms with Crippen LogP contribution in [0, 0.1) is 0 Å². The van der Waals surface area contributed by atoms with E-state index in [0.29, 0.717) is 29.4 Å². The SMILES string of the molecule is CC1(C)c2cc(Cl)ccc2C(=O)N1c1cncc(NC2CCCN(C(=O)O)C2)c1. The maximum absolute atomic E-state index is 13.1. The Hall–Kier alpha value is -2.80. The minimum Gasteiger partial charge on any atom is -0.465 e. The number of nitrogens with one attached hydrogen (secondary N) is 1. The van der Waals surface area contributed by atoms with E-state index in [4.69, 9.17) is 11.6 Å². The number of pyridine rings is 1. The quantitative estimate of drug-likeness (QED) is 0.786. The number of amides is 2. The lowest BCUT2D eigenvalue weighted by molar-refractivity contribution is 0.0982. The molecule has 1 unspecified atom stereocenters. The second-order valence-corrected chi connectivity index (χ2v) is 8.47. The summed E-state index contributed by atoms with van der Waals surface area (Å²) in [6.45, 7) is 4.96. The molecule has 29 heavy (non-hydrogen) atoms. The highest BCUT2D eigenvalue weighted by molar-refractivity contribution is 6.31. The summed E-state index contributed by atoms with van der Waals surface area (Å²) in [5.74, 6) is -0.0877. The molecule has 8 heteroatoms. The number of aromatic nitrogens is 1. The second kappa shape index (κ2) is 7.22. The molecule has 3 heterocycles. The first-order chi connectivity index (χ1) is 13.8. The van der Waals surface area contributed by atoms with E-state index >= 15 is 0 Å². The lowest BCUT2D eigenvalue weighted by atomic mass is 9.93. The van der Waals surface area contributed by atoms with Gasteiger partial charge in [0.15, 0.2) is 0 Å². The third-order valence-electron chi connectivity index (χ3n) is 5.68. The van der Waals surface area contributed by atoms with Crippen LogP contribution in [0.1, 0.15) is 42.6 Å². The molecule has 0 saturated carbocycles. The normalized spacial score (nSPS) is 20.5. The van der Waals surface area contributed by atoms with Crippen LogP contribution >= 0.6 is 11.6 Å². The van der Waals surface area contributed by atoms with Crippen molar-refractivity contribution < 1.29 is 14.7 Å². The molecule has 1 fully saturated rings. The molecule has 0 radical (unpaired) electrons. The summed E-state index contributed by atoms with van der Waals surface area (Å²) in [7, 11) is 0. The van der Waals surface area contributed by atoms with Gasteiger partial charge in [-0.3, -0.25) is 14.7 Å². The number of nitrogens with zero attached hydrogens (tertiary/aromatic N) is 3. The van der Waals surface area contributed by atoms with Crippen molar-refractivity contribution in [3.8, 4) is 0 Å². The van der Waals surface area contributed by atoms with E-state index in [1.54, 1.807) is 29.4 Å². The molecule has 4 rings (SSSR count). The molecule has 1 aromatic heterocycles. The smallest absolute Gasteiger partial charge is 0.407 e. The van der Waals surface area contributed by atoms with Crippen LogP contribution in [0.3, 0.4) is 0 Å². The lowest BCUT2D eigenvalue weighted by Crippen LogP contribution is -2.44. The van der Waals surface area contributed by atoms with Crippen LogP contribution in [-0.4, -0.2) is 46.1 Å². The van der Waals surface area contributed by atoms with Gasteiger partial charge < -0.3 is 15.3 Å². The first-order valence-electron chi connectivity index (χ1n) is 9.61. The number of piperidine rings is 1. The number of halogens is 1. The van der Waals surface area contributed by atoms with Gasteiger partial charge in [-0.2, -0.15) is 0 Å². The average Bonchev–Trinajstić information content (AvgIpc) is 2.87. The molecular formula is C21H23ClN4O3. The van der Waals surface area contributed by atoms with Crippen LogP contribution in [0.25, 0.3) is 0 Å². The first-order valence-corrected chi connectivity index (χ1v) is 9.99. The molecule has 1 saturated heterocycles. The third kappa shape index (κ3) is 3.51. The second-order valence-electron chi connectivity index (χ2n) is 8.03. The molecule has 2 amide bonds. The fourth-order valence-electron chi connectivity index (χ4n) is 4.28. The van der Waals surface area contributed by atoms with Crippen LogP contribution < -0.4 is 10.2 Å². The van der Waals surface area contributed by atoms with Crippen molar-refractivity contribution in [2.75, 3.05) is 23.3 Å². The molecule has 2 aliphatic rings. The van der Waals surface area contributed by atoms with Crippen molar-refractivity contribution in [3.63, 3.8) is 0 Å². The molecule has 2 aliphatic heterocycles. The van der Waals surface area contributed by atoms with E-state index in [9.17, 15) is 14.7 Å². The van der Waals surface area contributed by atoms with Crippen molar-refractivity contribution in [1.29, 1.82) is 0 Å². The zero-order valence-electron chi connectivity index (χ0n) is 16.4. The number of benzene rings is 1. The molecule has 0 aliphatic carbocycles. The Kier molecular flexibility index (Phi) is 4.86. The summed E-state index contributed by atoms with van der Waals surface area (Å²) in [4.78, 5) is 31.8. The van der Waals surface area contributed by atoms with Gasteiger partial charge in [0.25, 0.3) is 5.91 Å². The Labute approximate surface area is 174 Å². The molecule has 2 aromatic rings. The number of carboxylic acid groups (broad SMARTS) is 1. The molecule has 0 spiro atoms. The highest BCUT2D eigenvalue weighted by Gasteiger charge is 2.44. The number of carbonyl (C=O) groups excluding carboxylic acids is 1. The summed E-state index contributed by atoms with van der Waals surface area (Å²) < 4.78 is 0. The van der Waals surface area contributed by atoms with Crippen molar-refractivity contribution in [3.05, 3.63) is 52.8 Å². The van der Waals surface area contributed by atoms with E-state index in [2.05, 4.69) is 10.3 Å². The Morgan fingerprint density at radius 2 is 2.10 bits per heavy atom. The van der Waals surface area contributed by atoms with Crippen LogP contribution in [0.4, 0.5) is 16.2 Å². The van der Waals surface area contributed by atoms with Crippen molar-refractivity contribution >= 4 is 35.0 Å². The number of likely N-dealkylation sites (tertiary alicyclic amines) is 1. The predicted molar refractivity (Wildman–Crippen MR) is 112 cm³/mol. The Balaban J connectivity index is 1.59. The topological polar surface area (TPSA) is 85.8 Å².